The van der Waals surface area contributed by atoms with Crippen LogP contribution in [0.4, 0.5) is 3.89 Å². The molecule has 1 rings (SSSR count). The van der Waals surface area contributed by atoms with Gasteiger partial charge in [-0.1, -0.05) is 16.0 Å². The molecule has 0 saturated heterocycles. The molecule has 0 radical (unpaired) electrons. The van der Waals surface area contributed by atoms with E-state index in [1.54, 1.807) is 6.92 Å². The summed E-state index contributed by atoms with van der Waals surface area (Å²) in [4.78, 5) is 11.3. The largest absolute Gasteiger partial charge is 0.488 e. The molecule has 1 aromatic rings. The van der Waals surface area contributed by atoms with E-state index in [9.17, 15) is 17.1 Å². The Kier molecular flexibility index (Phi) is 5.25. The normalized spacial score (nSPS) is 12.8. The molecule has 0 unspecified atom stereocenters. The van der Waals surface area contributed by atoms with E-state index in [-0.39, 0.29) is 18.8 Å². The third kappa shape index (κ3) is 5.66. The van der Waals surface area contributed by atoms with Gasteiger partial charge in [0.05, 0.1) is 6.61 Å². The highest BCUT2D eigenvalue weighted by Gasteiger charge is 2.15. The van der Waals surface area contributed by atoms with Gasteiger partial charge >= 0.3 is 16.5 Å². The fourth-order valence-corrected chi connectivity index (χ4v) is 1.72. The number of carbonyl (C=O) groups excluding carboxylic acids is 1. The monoisotopic (exact) mass is 291 g/mol. The quantitative estimate of drug-likeness (QED) is 0.612. The minimum absolute atomic E-state index is 0.157. The zero-order chi connectivity index (χ0) is 14.5. The van der Waals surface area contributed by atoms with E-state index in [4.69, 9.17) is 10.5 Å². The molecule has 1 atom stereocenters. The number of benzene rings is 1. The minimum atomic E-state index is -5.03. The van der Waals surface area contributed by atoms with Crippen LogP contribution in [0.1, 0.15) is 12.5 Å². The summed E-state index contributed by atoms with van der Waals surface area (Å²) in [6, 6.07) is 4.70. The second-order valence-electron chi connectivity index (χ2n) is 3.68. The predicted molar refractivity (Wildman–Crippen MR) is 65.4 cm³/mol. The second kappa shape index (κ2) is 6.48. The van der Waals surface area contributed by atoms with Gasteiger partial charge in [0.25, 0.3) is 0 Å². The van der Waals surface area contributed by atoms with Crippen molar-refractivity contribution < 1.29 is 26.0 Å². The van der Waals surface area contributed by atoms with E-state index in [1.165, 1.54) is 24.3 Å². The lowest BCUT2D eigenvalue weighted by molar-refractivity contribution is -0.144. The van der Waals surface area contributed by atoms with Gasteiger partial charge < -0.3 is 14.7 Å². The highest BCUT2D eigenvalue weighted by molar-refractivity contribution is 7.81. The lowest BCUT2D eigenvalue weighted by Gasteiger charge is -2.10. The van der Waals surface area contributed by atoms with Gasteiger partial charge in [-0.25, -0.2) is 0 Å². The first-order chi connectivity index (χ1) is 8.81. The smallest absolute Gasteiger partial charge is 0.465 e. The molecule has 8 heteroatoms. The van der Waals surface area contributed by atoms with Crippen molar-refractivity contribution in [1.82, 2.24) is 0 Å². The van der Waals surface area contributed by atoms with Crippen LogP contribution in [0, 0.1) is 0 Å². The molecule has 0 spiro atoms. The van der Waals surface area contributed by atoms with E-state index in [2.05, 4.69) is 4.18 Å². The summed E-state index contributed by atoms with van der Waals surface area (Å²) in [7, 11) is -5.03. The molecule has 0 amide bonds. The standard InChI is InChI=1S/C11H14FNO5S/c1-2-17-11(14)10(13)7-8-3-5-9(6-4-8)18-19(12,15)16/h3-6,10H,2,7,13H2,1H3/t10-/m0/s1. The highest BCUT2D eigenvalue weighted by atomic mass is 32.3. The van der Waals surface area contributed by atoms with Crippen LogP contribution in [-0.2, 0) is 26.5 Å². The van der Waals surface area contributed by atoms with Gasteiger partial charge in [-0.05, 0) is 31.0 Å². The second-order valence-corrected chi connectivity index (χ2v) is 4.64. The van der Waals surface area contributed by atoms with Crippen molar-refractivity contribution in [1.29, 1.82) is 0 Å². The lowest BCUT2D eigenvalue weighted by atomic mass is 10.1. The molecular weight excluding hydrogens is 277 g/mol. The SMILES string of the molecule is CCOC(=O)[C@@H](N)Cc1ccc(OS(=O)(=O)F)cc1. The number of hydrogen-bond donors (Lipinski definition) is 1. The topological polar surface area (TPSA) is 95.7 Å². The van der Waals surface area contributed by atoms with Crippen LogP contribution >= 0.6 is 0 Å². The fraction of sp³-hybridized carbons (Fsp3) is 0.364. The van der Waals surface area contributed by atoms with Crippen LogP contribution in [0.25, 0.3) is 0 Å². The number of ether oxygens (including phenoxy) is 1. The number of nitrogens with two attached hydrogens (primary N) is 1. The van der Waals surface area contributed by atoms with Crippen molar-refractivity contribution in [2.45, 2.75) is 19.4 Å². The zero-order valence-electron chi connectivity index (χ0n) is 10.2. The molecule has 0 heterocycles. The van der Waals surface area contributed by atoms with E-state index < -0.39 is 22.5 Å². The lowest BCUT2D eigenvalue weighted by Crippen LogP contribution is -2.34. The van der Waals surface area contributed by atoms with Crippen LogP contribution in [0.2, 0.25) is 0 Å². The van der Waals surface area contributed by atoms with Crippen molar-refractivity contribution in [2.75, 3.05) is 6.61 Å². The van der Waals surface area contributed by atoms with Gasteiger partial charge in [0.2, 0.25) is 0 Å². The average Bonchev–Trinajstić information content (AvgIpc) is 2.30. The summed E-state index contributed by atoms with van der Waals surface area (Å²) in [6.07, 6.45) is 0.224. The first kappa shape index (κ1) is 15.4. The zero-order valence-corrected chi connectivity index (χ0v) is 11.0. The maximum absolute atomic E-state index is 12.2. The van der Waals surface area contributed by atoms with Crippen LogP contribution in [0.15, 0.2) is 24.3 Å². The maximum atomic E-state index is 12.2. The van der Waals surface area contributed by atoms with E-state index in [1.807, 2.05) is 0 Å². The maximum Gasteiger partial charge on any atom is 0.488 e. The number of esters is 1. The highest BCUT2D eigenvalue weighted by Crippen LogP contribution is 2.15. The van der Waals surface area contributed by atoms with Gasteiger partial charge in [0.1, 0.15) is 11.8 Å². The Balaban J connectivity index is 2.64. The molecule has 0 saturated carbocycles. The van der Waals surface area contributed by atoms with Crippen LogP contribution < -0.4 is 9.92 Å². The van der Waals surface area contributed by atoms with Crippen LogP contribution in [0.3, 0.4) is 0 Å². The van der Waals surface area contributed by atoms with Gasteiger partial charge in [0.15, 0.2) is 0 Å². The van der Waals surface area contributed by atoms with Gasteiger partial charge in [-0.15, -0.1) is 0 Å². The summed E-state index contributed by atoms with van der Waals surface area (Å²) in [5.41, 5.74) is 6.28. The summed E-state index contributed by atoms with van der Waals surface area (Å²) in [6.45, 7) is 1.92. The molecule has 6 nitrogen and oxygen atoms in total. The Morgan fingerprint density at radius 2 is 1.95 bits per heavy atom. The van der Waals surface area contributed by atoms with Crippen molar-refractivity contribution >= 4 is 16.5 Å². The number of carbonyl (C=O) groups is 1. The van der Waals surface area contributed by atoms with Gasteiger partial charge in [-0.3, -0.25) is 4.79 Å². The summed E-state index contributed by atoms with van der Waals surface area (Å²) in [5.74, 6) is -0.676. The van der Waals surface area contributed by atoms with Crippen LogP contribution in [-0.4, -0.2) is 27.0 Å². The third-order valence-electron chi connectivity index (χ3n) is 2.16. The molecule has 2 N–H and O–H groups in total. The van der Waals surface area contributed by atoms with E-state index >= 15 is 0 Å². The predicted octanol–water partition coefficient (Wildman–Crippen LogP) is 0.713. The van der Waals surface area contributed by atoms with Gasteiger partial charge in [-0.2, -0.15) is 8.42 Å². The summed E-state index contributed by atoms with van der Waals surface area (Å²) in [5, 5.41) is 0. The molecular formula is C11H14FNO5S. The molecule has 0 bridgehead atoms. The Bertz CT molecular complexity index is 529. The van der Waals surface area contributed by atoms with Crippen molar-refractivity contribution in [3.8, 4) is 5.75 Å². The Morgan fingerprint density at radius 3 is 2.42 bits per heavy atom. The van der Waals surface area contributed by atoms with E-state index in [0.717, 1.165) is 0 Å². The molecule has 0 aliphatic rings. The summed E-state index contributed by atoms with van der Waals surface area (Å²) < 4.78 is 41.5. The molecule has 106 valence electrons. The average molecular weight is 291 g/mol. The minimum Gasteiger partial charge on any atom is -0.465 e. The number of rotatable bonds is 6. The first-order valence-corrected chi connectivity index (χ1v) is 6.78. The van der Waals surface area contributed by atoms with Gasteiger partial charge in [0, 0.05) is 0 Å². The van der Waals surface area contributed by atoms with Crippen molar-refractivity contribution in [3.63, 3.8) is 0 Å². The third-order valence-corrected chi connectivity index (χ3v) is 2.56. The number of hydrogen-bond acceptors (Lipinski definition) is 6. The Morgan fingerprint density at radius 1 is 1.37 bits per heavy atom. The molecule has 1 aromatic carbocycles. The fourth-order valence-electron chi connectivity index (χ4n) is 1.38. The first-order valence-electron chi connectivity index (χ1n) is 5.47. The molecule has 0 aromatic heterocycles. The Labute approximate surface area is 110 Å². The molecule has 0 aliphatic carbocycles. The molecule has 19 heavy (non-hydrogen) atoms. The number of halogens is 1. The molecule has 0 aliphatic heterocycles. The summed E-state index contributed by atoms with van der Waals surface area (Å²) >= 11 is 0. The van der Waals surface area contributed by atoms with Crippen molar-refractivity contribution in [2.24, 2.45) is 5.73 Å². The molecule has 0 fully saturated rings. The van der Waals surface area contributed by atoms with Crippen molar-refractivity contribution in [3.05, 3.63) is 29.8 Å². The van der Waals surface area contributed by atoms with E-state index in [0.29, 0.717) is 5.56 Å². The Hall–Kier alpha value is -1.67. The van der Waals surface area contributed by atoms with Crippen LogP contribution in [0.5, 0.6) is 5.75 Å².